The lowest BCUT2D eigenvalue weighted by Gasteiger charge is -2.00. The summed E-state index contributed by atoms with van der Waals surface area (Å²) in [7, 11) is 0. The summed E-state index contributed by atoms with van der Waals surface area (Å²) in [6.07, 6.45) is 1.82. The van der Waals surface area contributed by atoms with Gasteiger partial charge in [0.05, 0.1) is 9.62 Å². The predicted molar refractivity (Wildman–Crippen MR) is 54.4 cm³/mol. The fraction of sp³-hybridized carbons (Fsp3) is 0.286. The molecular weight excluding hydrogens is 305 g/mol. The van der Waals surface area contributed by atoms with Crippen LogP contribution in [0.5, 0.6) is 0 Å². The summed E-state index contributed by atoms with van der Waals surface area (Å²) < 4.78 is 1.53. The lowest BCUT2D eigenvalue weighted by molar-refractivity contribution is 1.04. The normalized spacial score (nSPS) is 13.1. The van der Waals surface area contributed by atoms with E-state index in [0.717, 1.165) is 10.2 Å². The monoisotopic (exact) mass is 311 g/mol. The van der Waals surface area contributed by atoms with E-state index in [4.69, 9.17) is 0 Å². The molecule has 0 radical (unpaired) electrons. The van der Waals surface area contributed by atoms with Gasteiger partial charge in [-0.2, -0.15) is 0 Å². The van der Waals surface area contributed by atoms with E-state index in [-0.39, 0.29) is 0 Å². The van der Waals surface area contributed by atoms with Gasteiger partial charge in [-0.3, -0.25) is 4.98 Å². The molecule has 0 aliphatic carbocycles. The third-order valence-electron chi connectivity index (χ3n) is 1.16. The van der Waals surface area contributed by atoms with Crippen LogP contribution in [0.3, 0.4) is 0 Å². The summed E-state index contributed by atoms with van der Waals surface area (Å²) in [4.78, 5) is 4.22. The summed E-state index contributed by atoms with van der Waals surface area (Å²) >= 11 is 5.67. The molecule has 1 rings (SSSR count). The molecule has 10 heavy (non-hydrogen) atoms. The summed E-state index contributed by atoms with van der Waals surface area (Å²) in [6.45, 7) is 2.12. The van der Waals surface area contributed by atoms with E-state index in [1.165, 1.54) is 0 Å². The average molecular weight is 312 g/mol. The molecule has 54 valence electrons. The summed E-state index contributed by atoms with van der Waals surface area (Å²) in [5.74, 6) is 0. The van der Waals surface area contributed by atoms with Crippen molar-refractivity contribution in [2.45, 2.75) is 10.8 Å². The topological polar surface area (TPSA) is 12.9 Å². The highest BCUT2D eigenvalue weighted by Crippen LogP contribution is 2.20. The Hall–Kier alpha value is 0.360. The molecule has 1 aromatic heterocycles. The Morgan fingerprint density at radius 1 is 1.60 bits per heavy atom. The van der Waals surface area contributed by atoms with Crippen LogP contribution in [0.2, 0.25) is 0 Å². The molecule has 1 nitrogen and oxygen atoms in total. The van der Waals surface area contributed by atoms with Crippen molar-refractivity contribution in [3.8, 4) is 0 Å². The Bertz CT molecular complexity index is 207. The van der Waals surface area contributed by atoms with Crippen LogP contribution in [0.1, 0.15) is 16.5 Å². The molecule has 0 N–H and O–H groups in total. The Kier molecular flexibility index (Phi) is 3.10. The molecule has 0 aliphatic heterocycles. The Morgan fingerprint density at radius 3 is 2.70 bits per heavy atom. The van der Waals surface area contributed by atoms with Gasteiger partial charge in [0, 0.05) is 10.7 Å². The van der Waals surface area contributed by atoms with Gasteiger partial charge in [-0.25, -0.2) is 0 Å². The van der Waals surface area contributed by atoms with Crippen molar-refractivity contribution in [2.24, 2.45) is 0 Å². The Balaban J connectivity index is 2.89. The molecule has 0 saturated heterocycles. The van der Waals surface area contributed by atoms with Gasteiger partial charge in [0.15, 0.2) is 0 Å². The van der Waals surface area contributed by atoms with Crippen molar-refractivity contribution in [2.75, 3.05) is 0 Å². The van der Waals surface area contributed by atoms with Gasteiger partial charge in [0.1, 0.15) is 0 Å². The second-order valence-corrected chi connectivity index (χ2v) is 4.80. The van der Waals surface area contributed by atoms with E-state index in [1.54, 1.807) is 0 Å². The molecule has 1 atom stereocenters. The van der Waals surface area contributed by atoms with Crippen molar-refractivity contribution in [3.05, 3.63) is 28.5 Å². The van der Waals surface area contributed by atoms with Gasteiger partial charge in [-0.15, -0.1) is 0 Å². The summed E-state index contributed by atoms with van der Waals surface area (Å²) in [6, 6.07) is 4.04. The number of alkyl halides is 1. The van der Waals surface area contributed by atoms with Gasteiger partial charge in [-0.1, -0.05) is 22.6 Å². The maximum Gasteiger partial charge on any atom is 0.0530 e. The molecule has 3 heteroatoms. The first-order valence-corrected chi connectivity index (χ1v) is 4.99. The first-order chi connectivity index (χ1) is 4.70. The standard InChI is InChI=1S/C7H7BrIN/c1-5(9)7-3-2-6(8)4-10-7/h2-5H,1H3. The highest BCUT2D eigenvalue weighted by Gasteiger charge is 1.99. The number of aromatic nitrogens is 1. The minimum atomic E-state index is 0.491. The van der Waals surface area contributed by atoms with Crippen LogP contribution in [0.25, 0.3) is 0 Å². The molecule has 0 fully saturated rings. The van der Waals surface area contributed by atoms with E-state index >= 15 is 0 Å². The Labute approximate surface area is 82.5 Å². The number of nitrogens with zero attached hydrogens (tertiary/aromatic N) is 1. The smallest absolute Gasteiger partial charge is 0.0530 e. The van der Waals surface area contributed by atoms with Crippen molar-refractivity contribution < 1.29 is 0 Å². The molecule has 1 unspecified atom stereocenters. The fourth-order valence-electron chi connectivity index (χ4n) is 0.623. The SMILES string of the molecule is CC(I)c1ccc(Br)cn1. The van der Waals surface area contributed by atoms with E-state index in [1.807, 2.05) is 18.3 Å². The summed E-state index contributed by atoms with van der Waals surface area (Å²) in [5.41, 5.74) is 1.13. The quantitative estimate of drug-likeness (QED) is 0.572. The highest BCUT2D eigenvalue weighted by atomic mass is 127. The van der Waals surface area contributed by atoms with Gasteiger partial charge in [0.2, 0.25) is 0 Å². The van der Waals surface area contributed by atoms with Crippen molar-refractivity contribution in [1.29, 1.82) is 0 Å². The van der Waals surface area contributed by atoms with Crippen molar-refractivity contribution >= 4 is 38.5 Å². The third-order valence-corrected chi connectivity index (χ3v) is 2.27. The second-order valence-electron chi connectivity index (χ2n) is 2.02. The highest BCUT2D eigenvalue weighted by molar-refractivity contribution is 14.1. The molecular formula is C7H7BrIN. The van der Waals surface area contributed by atoms with Crippen LogP contribution < -0.4 is 0 Å². The molecule has 0 bridgehead atoms. The number of hydrogen-bond acceptors (Lipinski definition) is 1. The van der Waals surface area contributed by atoms with Gasteiger partial charge < -0.3 is 0 Å². The van der Waals surface area contributed by atoms with E-state index in [2.05, 4.69) is 50.4 Å². The number of pyridine rings is 1. The van der Waals surface area contributed by atoms with Crippen LogP contribution in [0.15, 0.2) is 22.8 Å². The minimum absolute atomic E-state index is 0.491. The molecule has 0 aliphatic rings. The molecule has 1 aromatic rings. The maximum absolute atomic E-state index is 4.22. The zero-order valence-corrected chi connectivity index (χ0v) is 9.26. The number of rotatable bonds is 1. The lowest BCUT2D eigenvalue weighted by atomic mass is 10.3. The minimum Gasteiger partial charge on any atom is -0.259 e. The zero-order chi connectivity index (χ0) is 7.56. The largest absolute Gasteiger partial charge is 0.259 e. The van der Waals surface area contributed by atoms with Crippen molar-refractivity contribution in [1.82, 2.24) is 4.98 Å². The molecule has 1 heterocycles. The molecule has 0 spiro atoms. The first-order valence-electron chi connectivity index (χ1n) is 2.95. The fourth-order valence-corrected chi connectivity index (χ4v) is 1.23. The summed E-state index contributed by atoms with van der Waals surface area (Å²) in [5, 5.41) is 0. The Morgan fingerprint density at radius 2 is 2.30 bits per heavy atom. The van der Waals surface area contributed by atoms with Crippen LogP contribution in [-0.4, -0.2) is 4.98 Å². The second kappa shape index (κ2) is 3.67. The predicted octanol–water partition coefficient (Wildman–Crippen LogP) is 3.34. The van der Waals surface area contributed by atoms with Gasteiger partial charge in [0.25, 0.3) is 0 Å². The molecule has 0 amide bonds. The maximum atomic E-state index is 4.22. The van der Waals surface area contributed by atoms with Crippen LogP contribution in [0.4, 0.5) is 0 Å². The van der Waals surface area contributed by atoms with Crippen molar-refractivity contribution in [3.63, 3.8) is 0 Å². The zero-order valence-electron chi connectivity index (χ0n) is 5.51. The van der Waals surface area contributed by atoms with E-state index in [0.29, 0.717) is 3.92 Å². The third kappa shape index (κ3) is 2.20. The first kappa shape index (κ1) is 8.46. The van der Waals surface area contributed by atoms with E-state index < -0.39 is 0 Å². The average Bonchev–Trinajstić information content (AvgIpc) is 1.88. The van der Waals surface area contributed by atoms with Crippen LogP contribution in [-0.2, 0) is 0 Å². The van der Waals surface area contributed by atoms with Crippen LogP contribution in [0, 0.1) is 0 Å². The number of halogens is 2. The lowest BCUT2D eigenvalue weighted by Crippen LogP contribution is -1.86. The van der Waals surface area contributed by atoms with Gasteiger partial charge in [-0.05, 0) is 35.0 Å². The van der Waals surface area contributed by atoms with E-state index in [9.17, 15) is 0 Å². The molecule has 0 saturated carbocycles. The molecule has 0 aromatic carbocycles. The van der Waals surface area contributed by atoms with Gasteiger partial charge >= 0.3 is 0 Å². The van der Waals surface area contributed by atoms with Crippen LogP contribution >= 0.6 is 38.5 Å². The number of hydrogen-bond donors (Lipinski definition) is 0.